The molecule has 0 aromatic carbocycles. The number of aryl methyl sites for hydroxylation is 1. The lowest BCUT2D eigenvalue weighted by molar-refractivity contribution is 0.455. The van der Waals surface area contributed by atoms with E-state index < -0.39 is 0 Å². The van der Waals surface area contributed by atoms with Crippen LogP contribution in [0.2, 0.25) is 0 Å². The predicted octanol–water partition coefficient (Wildman–Crippen LogP) is 2.97. The Labute approximate surface area is 105 Å². The van der Waals surface area contributed by atoms with Crippen LogP contribution in [0.5, 0.6) is 0 Å². The van der Waals surface area contributed by atoms with Crippen molar-refractivity contribution in [2.75, 3.05) is 0 Å². The minimum absolute atomic E-state index is 0.750. The van der Waals surface area contributed by atoms with Crippen LogP contribution in [-0.4, -0.2) is 21.5 Å². The number of hydrogen-bond donors (Lipinski definition) is 1. The number of aromatic nitrogens is 1. The van der Waals surface area contributed by atoms with Crippen LogP contribution in [-0.2, 0) is 6.54 Å². The molecule has 0 aliphatic carbocycles. The molecule has 2 aliphatic heterocycles. The molecule has 2 nitrogen and oxygen atoms in total. The topological polar surface area (TPSA) is 24.9 Å². The average Bonchev–Trinajstić information content (AvgIpc) is 2.83. The summed E-state index contributed by atoms with van der Waals surface area (Å²) >= 11 is 4.01. The number of nitrogens with one attached hydrogen (secondary N) is 1. The fraction of sp³-hybridized carbons (Fsp3) is 0.750. The summed E-state index contributed by atoms with van der Waals surface area (Å²) in [5, 5.41) is 5.61. The quantitative estimate of drug-likeness (QED) is 0.897. The van der Waals surface area contributed by atoms with Gasteiger partial charge in [0.1, 0.15) is 0 Å². The van der Waals surface area contributed by atoms with Crippen molar-refractivity contribution in [3.63, 3.8) is 0 Å². The Morgan fingerprint density at radius 1 is 1.38 bits per heavy atom. The minimum Gasteiger partial charge on any atom is -0.309 e. The summed E-state index contributed by atoms with van der Waals surface area (Å²) < 4.78 is 0. The summed E-state index contributed by atoms with van der Waals surface area (Å²) in [6, 6.07) is 0.750. The number of thioether (sulfide) groups is 1. The van der Waals surface area contributed by atoms with Crippen LogP contribution in [0.3, 0.4) is 0 Å². The molecule has 2 atom stereocenters. The van der Waals surface area contributed by atoms with Gasteiger partial charge in [0.05, 0.1) is 11.2 Å². The predicted molar refractivity (Wildman–Crippen MR) is 71.1 cm³/mol. The maximum Gasteiger partial charge on any atom is 0.0798 e. The van der Waals surface area contributed by atoms with Crippen molar-refractivity contribution >= 4 is 23.1 Å². The Balaban J connectivity index is 1.54. The second-order valence-electron chi connectivity index (χ2n) is 4.87. The van der Waals surface area contributed by atoms with Gasteiger partial charge in [-0.05, 0) is 32.6 Å². The fourth-order valence-electron chi connectivity index (χ4n) is 2.76. The van der Waals surface area contributed by atoms with Crippen LogP contribution in [0.1, 0.15) is 36.3 Å². The van der Waals surface area contributed by atoms with Gasteiger partial charge in [-0.2, -0.15) is 11.8 Å². The number of rotatable bonds is 3. The standard InChI is InChI=1S/C12H18N2S2/c1-8-12(15-7-14-8)6-13-9-4-10-2-3-11(5-9)16-10/h7,9-11,13H,2-6H2,1H3. The van der Waals surface area contributed by atoms with Crippen molar-refractivity contribution in [1.82, 2.24) is 10.3 Å². The van der Waals surface area contributed by atoms with E-state index in [0.29, 0.717) is 0 Å². The van der Waals surface area contributed by atoms with Crippen LogP contribution in [0.4, 0.5) is 0 Å². The lowest BCUT2D eigenvalue weighted by atomic mass is 10.1. The van der Waals surface area contributed by atoms with E-state index >= 15 is 0 Å². The van der Waals surface area contributed by atoms with Gasteiger partial charge in [-0.1, -0.05) is 0 Å². The molecule has 2 unspecified atom stereocenters. The highest BCUT2D eigenvalue weighted by atomic mass is 32.2. The van der Waals surface area contributed by atoms with E-state index in [1.54, 1.807) is 11.3 Å². The van der Waals surface area contributed by atoms with Crippen molar-refractivity contribution in [2.45, 2.75) is 55.7 Å². The highest BCUT2D eigenvalue weighted by Gasteiger charge is 2.34. The number of fused-ring (bicyclic) bond motifs is 2. The van der Waals surface area contributed by atoms with Gasteiger partial charge in [0.2, 0.25) is 0 Å². The number of hydrogen-bond acceptors (Lipinski definition) is 4. The summed E-state index contributed by atoms with van der Waals surface area (Å²) in [6.07, 6.45) is 5.65. The van der Waals surface area contributed by atoms with Crippen LogP contribution in [0.15, 0.2) is 5.51 Å². The molecular weight excluding hydrogens is 236 g/mol. The van der Waals surface area contributed by atoms with Crippen LogP contribution >= 0.6 is 23.1 Å². The molecule has 1 aromatic rings. The van der Waals surface area contributed by atoms with Gasteiger partial charge >= 0.3 is 0 Å². The molecule has 3 rings (SSSR count). The summed E-state index contributed by atoms with van der Waals surface area (Å²) in [5.74, 6) is 0. The number of thiazole rings is 1. The van der Waals surface area contributed by atoms with Gasteiger partial charge in [-0.25, -0.2) is 4.98 Å². The first-order chi connectivity index (χ1) is 7.81. The largest absolute Gasteiger partial charge is 0.309 e. The van der Waals surface area contributed by atoms with Crippen molar-refractivity contribution in [2.24, 2.45) is 0 Å². The van der Waals surface area contributed by atoms with Crippen LogP contribution in [0, 0.1) is 6.92 Å². The Bertz CT molecular complexity index is 352. The van der Waals surface area contributed by atoms with Gasteiger partial charge in [0.15, 0.2) is 0 Å². The molecule has 2 aliphatic rings. The summed E-state index contributed by atoms with van der Waals surface area (Å²) in [7, 11) is 0. The monoisotopic (exact) mass is 254 g/mol. The highest BCUT2D eigenvalue weighted by Crippen LogP contribution is 2.43. The van der Waals surface area contributed by atoms with E-state index in [1.807, 2.05) is 5.51 Å². The average molecular weight is 254 g/mol. The minimum atomic E-state index is 0.750. The molecule has 0 amide bonds. The van der Waals surface area contributed by atoms with Crippen molar-refractivity contribution in [3.8, 4) is 0 Å². The normalized spacial score (nSPS) is 33.2. The second-order valence-corrected chi connectivity index (χ2v) is 7.41. The molecule has 1 aromatic heterocycles. The molecule has 88 valence electrons. The Morgan fingerprint density at radius 2 is 2.12 bits per heavy atom. The lowest BCUT2D eigenvalue weighted by Gasteiger charge is -2.28. The number of nitrogens with zero attached hydrogens (tertiary/aromatic N) is 1. The van der Waals surface area contributed by atoms with Crippen molar-refractivity contribution in [3.05, 3.63) is 16.1 Å². The second kappa shape index (κ2) is 4.67. The van der Waals surface area contributed by atoms with E-state index in [1.165, 1.54) is 36.3 Å². The van der Waals surface area contributed by atoms with E-state index in [4.69, 9.17) is 0 Å². The SMILES string of the molecule is Cc1ncsc1CNC1CC2CCC(C1)S2. The van der Waals surface area contributed by atoms with Crippen molar-refractivity contribution < 1.29 is 0 Å². The van der Waals surface area contributed by atoms with Crippen LogP contribution < -0.4 is 5.32 Å². The first-order valence-electron chi connectivity index (χ1n) is 6.09. The maximum absolute atomic E-state index is 4.30. The first-order valence-corrected chi connectivity index (χ1v) is 7.91. The van der Waals surface area contributed by atoms with Gasteiger partial charge in [-0.3, -0.25) is 0 Å². The van der Waals surface area contributed by atoms with E-state index in [9.17, 15) is 0 Å². The van der Waals surface area contributed by atoms with Crippen molar-refractivity contribution in [1.29, 1.82) is 0 Å². The van der Waals surface area contributed by atoms with Gasteiger partial charge in [-0.15, -0.1) is 11.3 Å². The molecule has 2 fully saturated rings. The third-order valence-electron chi connectivity index (χ3n) is 3.69. The summed E-state index contributed by atoms with van der Waals surface area (Å²) in [4.78, 5) is 5.70. The zero-order valence-corrected chi connectivity index (χ0v) is 11.2. The lowest BCUT2D eigenvalue weighted by Crippen LogP contribution is -2.35. The Kier molecular flexibility index (Phi) is 3.22. The molecular formula is C12H18N2S2. The Hall–Kier alpha value is -0.0600. The molecule has 4 heteroatoms. The zero-order valence-electron chi connectivity index (χ0n) is 9.61. The van der Waals surface area contributed by atoms with E-state index in [-0.39, 0.29) is 0 Å². The highest BCUT2D eigenvalue weighted by molar-refractivity contribution is 8.00. The zero-order chi connectivity index (χ0) is 11.0. The molecule has 0 saturated carbocycles. The summed E-state index contributed by atoms with van der Waals surface area (Å²) in [6.45, 7) is 3.12. The first kappa shape index (κ1) is 11.1. The van der Waals surface area contributed by atoms with E-state index in [0.717, 1.165) is 23.1 Å². The molecule has 0 spiro atoms. The third-order valence-corrected chi connectivity index (χ3v) is 6.25. The molecule has 3 heterocycles. The van der Waals surface area contributed by atoms with Gasteiger partial charge < -0.3 is 5.32 Å². The molecule has 2 saturated heterocycles. The van der Waals surface area contributed by atoms with Crippen LogP contribution in [0.25, 0.3) is 0 Å². The smallest absolute Gasteiger partial charge is 0.0798 e. The third kappa shape index (κ3) is 2.29. The van der Waals surface area contributed by atoms with Gasteiger partial charge in [0.25, 0.3) is 0 Å². The summed E-state index contributed by atoms with van der Waals surface area (Å²) in [5.41, 5.74) is 3.15. The van der Waals surface area contributed by atoms with Gasteiger partial charge in [0, 0.05) is 28.0 Å². The molecule has 16 heavy (non-hydrogen) atoms. The Morgan fingerprint density at radius 3 is 2.75 bits per heavy atom. The fourth-order valence-corrected chi connectivity index (χ4v) is 5.26. The molecule has 1 N–H and O–H groups in total. The maximum atomic E-state index is 4.30. The molecule has 2 bridgehead atoms. The van der Waals surface area contributed by atoms with E-state index in [2.05, 4.69) is 29.0 Å². The molecule has 0 radical (unpaired) electrons.